The molecule has 0 saturated carbocycles. The molecule has 0 fully saturated rings. The summed E-state index contributed by atoms with van der Waals surface area (Å²) < 4.78 is 30.0. The van der Waals surface area contributed by atoms with Gasteiger partial charge in [0.1, 0.15) is 5.75 Å². The number of anilines is 2. The highest BCUT2D eigenvalue weighted by Gasteiger charge is 2.11. The number of benzene rings is 2. The number of methoxy groups -OCH3 is 1. The fourth-order valence-corrected chi connectivity index (χ4v) is 3.94. The molecule has 162 valence electrons. The molecule has 0 saturated heterocycles. The zero-order chi connectivity index (χ0) is 22.5. The van der Waals surface area contributed by atoms with Crippen LogP contribution in [0, 0.1) is 6.92 Å². The summed E-state index contributed by atoms with van der Waals surface area (Å²) >= 11 is -2.40. The summed E-state index contributed by atoms with van der Waals surface area (Å²) in [5.74, 6) is 0.546. The van der Waals surface area contributed by atoms with Gasteiger partial charge in [-0.05, 0) is 44.0 Å². The number of para-hydroxylation sites is 1. The number of hydrogen-bond acceptors (Lipinski definition) is 5. The fraction of sp³-hybridized carbons (Fsp3) is 0.208. The van der Waals surface area contributed by atoms with Crippen molar-refractivity contribution in [2.24, 2.45) is 0 Å². The Hall–Kier alpha value is -3.16. The molecule has 3 rings (SSSR count). The maximum Gasteiger partial charge on any atom is 0.144 e. The number of allylic oxidation sites excluding steroid dienone is 1. The van der Waals surface area contributed by atoms with Crippen molar-refractivity contribution in [2.45, 2.75) is 27.3 Å². The monoisotopic (exact) mass is 436 g/mol. The van der Waals surface area contributed by atoms with E-state index in [1.165, 1.54) is 0 Å². The zero-order valence-corrected chi connectivity index (χ0v) is 18.9. The Kier molecular flexibility index (Phi) is 7.09. The highest BCUT2D eigenvalue weighted by Crippen LogP contribution is 2.32. The Labute approximate surface area is 184 Å². The predicted molar refractivity (Wildman–Crippen MR) is 128 cm³/mol. The minimum absolute atomic E-state index is 0.476. The first-order valence-electron chi connectivity index (χ1n) is 9.82. The van der Waals surface area contributed by atoms with Crippen LogP contribution in [0.5, 0.6) is 5.75 Å². The highest BCUT2D eigenvalue weighted by molar-refractivity contribution is 7.80. The number of aromatic nitrogens is 1. The van der Waals surface area contributed by atoms with Crippen molar-refractivity contribution in [1.29, 1.82) is 0 Å². The number of nitrogens with zero attached hydrogens (tertiary/aromatic N) is 1. The molecule has 6 nitrogen and oxygen atoms in total. The van der Waals surface area contributed by atoms with Crippen molar-refractivity contribution in [2.75, 3.05) is 17.1 Å². The van der Waals surface area contributed by atoms with Gasteiger partial charge in [-0.3, -0.25) is 4.21 Å². The second kappa shape index (κ2) is 9.76. The van der Waals surface area contributed by atoms with Gasteiger partial charge in [-0.2, -0.15) is 0 Å². The van der Waals surface area contributed by atoms with Gasteiger partial charge in [0.05, 0.1) is 29.4 Å². The maximum absolute atomic E-state index is 11.0. The fourth-order valence-electron chi connectivity index (χ4n) is 3.54. The van der Waals surface area contributed by atoms with Crippen LogP contribution in [0.25, 0.3) is 22.6 Å². The van der Waals surface area contributed by atoms with E-state index in [9.17, 15) is 8.76 Å². The number of nitrogens with one attached hydrogen (secondary N) is 2. The minimum Gasteiger partial charge on any atom is -0.755 e. The number of ether oxygens (including phenoxy) is 1. The molecule has 0 amide bonds. The summed E-state index contributed by atoms with van der Waals surface area (Å²) in [5.41, 5.74) is 5.18. The Morgan fingerprint density at radius 1 is 1.26 bits per heavy atom. The Morgan fingerprint density at radius 3 is 2.65 bits per heavy atom. The van der Waals surface area contributed by atoms with E-state index in [1.807, 2.05) is 51.1 Å². The maximum atomic E-state index is 11.0. The number of aryl methyl sites for hydroxylation is 1. The van der Waals surface area contributed by atoms with Crippen LogP contribution in [0.15, 0.2) is 49.1 Å². The lowest BCUT2D eigenvalue weighted by Gasteiger charge is -2.18. The molecular formula is C24H26N3O3S-. The average molecular weight is 437 g/mol. The lowest BCUT2D eigenvalue weighted by atomic mass is 10.0. The molecule has 0 aliphatic heterocycles. The Bertz CT molecular complexity index is 1280. The van der Waals surface area contributed by atoms with E-state index in [4.69, 9.17) is 9.72 Å². The van der Waals surface area contributed by atoms with Crippen LogP contribution in [0.4, 0.5) is 11.4 Å². The van der Waals surface area contributed by atoms with Gasteiger partial charge < -0.3 is 19.3 Å². The van der Waals surface area contributed by atoms with Crippen LogP contribution in [0.3, 0.4) is 0 Å². The number of rotatable bonds is 7. The van der Waals surface area contributed by atoms with Crippen molar-refractivity contribution in [3.8, 4) is 5.75 Å². The van der Waals surface area contributed by atoms with Crippen LogP contribution in [-0.4, -0.2) is 20.9 Å². The van der Waals surface area contributed by atoms with Crippen LogP contribution in [0.2, 0.25) is 0 Å². The molecule has 1 aromatic heterocycles. The van der Waals surface area contributed by atoms with Gasteiger partial charge in [-0.25, -0.2) is 4.98 Å². The van der Waals surface area contributed by atoms with Crippen molar-refractivity contribution in [3.05, 3.63) is 70.7 Å². The largest absolute Gasteiger partial charge is 0.755 e. The Morgan fingerprint density at radius 2 is 2.00 bits per heavy atom. The number of pyridine rings is 1. The highest BCUT2D eigenvalue weighted by atomic mass is 32.2. The normalized spacial score (nSPS) is 12.5. The second-order valence-corrected chi connectivity index (χ2v) is 8.00. The predicted octanol–water partition coefficient (Wildman–Crippen LogP) is 3.53. The van der Waals surface area contributed by atoms with E-state index in [-0.39, 0.29) is 0 Å². The first kappa shape index (κ1) is 22.5. The van der Waals surface area contributed by atoms with E-state index in [0.717, 1.165) is 43.9 Å². The summed E-state index contributed by atoms with van der Waals surface area (Å²) in [5, 5.41) is 6.49. The van der Waals surface area contributed by atoms with Crippen molar-refractivity contribution in [1.82, 2.24) is 4.98 Å². The van der Waals surface area contributed by atoms with Crippen molar-refractivity contribution < 1.29 is 13.5 Å². The van der Waals surface area contributed by atoms with Crippen LogP contribution in [-0.2, 0) is 17.8 Å². The first-order chi connectivity index (χ1) is 14.8. The van der Waals surface area contributed by atoms with Gasteiger partial charge in [0.15, 0.2) is 0 Å². The first-order valence-corrected chi connectivity index (χ1v) is 10.9. The minimum atomic E-state index is -2.40. The van der Waals surface area contributed by atoms with Gasteiger partial charge >= 0.3 is 0 Å². The zero-order valence-electron chi connectivity index (χ0n) is 18.1. The van der Waals surface area contributed by atoms with E-state index in [1.54, 1.807) is 19.3 Å². The quantitative estimate of drug-likeness (QED) is 0.554. The van der Waals surface area contributed by atoms with Gasteiger partial charge in [0, 0.05) is 34.5 Å². The molecule has 3 aromatic rings. The molecular weight excluding hydrogens is 410 g/mol. The molecule has 0 aliphatic rings. The molecule has 0 spiro atoms. The van der Waals surface area contributed by atoms with Gasteiger partial charge in [0.25, 0.3) is 0 Å². The van der Waals surface area contributed by atoms with Crippen LogP contribution in [0.1, 0.15) is 25.0 Å². The van der Waals surface area contributed by atoms with E-state index >= 15 is 0 Å². The van der Waals surface area contributed by atoms with E-state index in [0.29, 0.717) is 18.0 Å². The average Bonchev–Trinajstić information content (AvgIpc) is 2.73. The lowest BCUT2D eigenvalue weighted by molar-refractivity contribution is 0.416. The molecule has 1 unspecified atom stereocenters. The summed E-state index contributed by atoms with van der Waals surface area (Å²) in [6.07, 6.45) is 3.76. The summed E-state index contributed by atoms with van der Waals surface area (Å²) in [4.78, 5) is 4.86. The lowest BCUT2D eigenvalue weighted by Crippen LogP contribution is -2.34. The molecule has 7 heteroatoms. The van der Waals surface area contributed by atoms with Crippen LogP contribution < -0.4 is 25.3 Å². The van der Waals surface area contributed by atoms with E-state index in [2.05, 4.69) is 22.7 Å². The topological polar surface area (TPSA) is 86.3 Å². The summed E-state index contributed by atoms with van der Waals surface area (Å²) in [6, 6.07) is 11.6. The van der Waals surface area contributed by atoms with Gasteiger partial charge in [0.2, 0.25) is 0 Å². The van der Waals surface area contributed by atoms with Crippen LogP contribution >= 0.6 is 0 Å². The van der Waals surface area contributed by atoms with Crippen molar-refractivity contribution >= 4 is 45.2 Å². The molecule has 0 radical (unpaired) electrons. The summed E-state index contributed by atoms with van der Waals surface area (Å²) in [7, 11) is 1.56. The van der Waals surface area contributed by atoms with E-state index < -0.39 is 11.3 Å². The third-order valence-electron chi connectivity index (χ3n) is 5.00. The summed E-state index contributed by atoms with van der Waals surface area (Å²) in [6.45, 7) is 10.3. The third-order valence-corrected chi connectivity index (χ3v) is 5.38. The molecule has 0 bridgehead atoms. The third kappa shape index (κ3) is 4.95. The number of fused-ring (bicyclic) bond motifs is 1. The van der Waals surface area contributed by atoms with Gasteiger partial charge in [-0.1, -0.05) is 42.5 Å². The second-order valence-electron chi connectivity index (χ2n) is 7.33. The molecule has 2 aromatic carbocycles. The molecule has 2 N–H and O–H groups in total. The van der Waals surface area contributed by atoms with Gasteiger partial charge in [-0.15, -0.1) is 0 Å². The molecule has 31 heavy (non-hydrogen) atoms. The Balaban J connectivity index is 2.13. The number of hydrogen-bond donors (Lipinski definition) is 2. The molecule has 1 atom stereocenters. The molecule has 1 heterocycles. The van der Waals surface area contributed by atoms with Crippen molar-refractivity contribution in [3.63, 3.8) is 0 Å². The molecule has 0 aliphatic carbocycles. The SMILES string of the molecule is C=C/C=c1/c(CNc2cc(C)c(NS(=O)[O-])cc2OC)c2ccccc2nc1=C(C)C. The smallest absolute Gasteiger partial charge is 0.144 e. The standard InChI is InChI=1S/C24H27N3O3S/c1-6-9-18-19(17-10-7-8-11-20(17)26-24(18)15(2)3)14-25-22-12-16(4)21(27-31(28)29)13-23(22)30-5/h6-13,25,27H,1,14H2,2-5H3,(H,28,29)/p-1/b18-9-.